The Morgan fingerprint density at radius 2 is 2.08 bits per heavy atom. The number of hydrogen-bond acceptors (Lipinski definition) is 5. The lowest BCUT2D eigenvalue weighted by atomic mass is 10.0. The third kappa shape index (κ3) is 4.67. The Kier molecular flexibility index (Phi) is 5.54. The maximum Gasteiger partial charge on any atom is 0.263 e. The molecule has 0 radical (unpaired) electrons. The van der Waals surface area contributed by atoms with Crippen LogP contribution in [0.5, 0.6) is 0 Å². The van der Waals surface area contributed by atoms with Gasteiger partial charge in [0.25, 0.3) is 5.91 Å². The quantitative estimate of drug-likeness (QED) is 0.784. The number of rotatable bonds is 6. The van der Waals surface area contributed by atoms with Crippen LogP contribution in [0.3, 0.4) is 0 Å². The van der Waals surface area contributed by atoms with Crippen LogP contribution in [0.15, 0.2) is 30.3 Å². The second-order valence-corrected chi connectivity index (χ2v) is 9.69. The minimum Gasteiger partial charge on any atom is -0.351 e. The van der Waals surface area contributed by atoms with Crippen molar-refractivity contribution in [2.45, 2.75) is 26.2 Å². The fourth-order valence-corrected chi connectivity index (χ4v) is 5.98. The van der Waals surface area contributed by atoms with E-state index in [2.05, 4.69) is 10.3 Å². The van der Waals surface area contributed by atoms with Crippen molar-refractivity contribution >= 4 is 27.1 Å². The number of carbonyl (C=O) groups excluding carboxylic acids is 1. The summed E-state index contributed by atoms with van der Waals surface area (Å²) < 4.78 is 22.9. The molecule has 1 atom stereocenters. The lowest BCUT2D eigenvalue weighted by Gasteiger charge is -2.08. The second kappa shape index (κ2) is 7.66. The van der Waals surface area contributed by atoms with Crippen molar-refractivity contribution in [3.8, 4) is 10.6 Å². The molecule has 1 aliphatic rings. The SMILES string of the molecule is Cc1nc(-c2ccccc2)sc1C(=O)NCCCC1CCS(=O)(=O)C1. The molecular formula is C18H22N2O3S2. The van der Waals surface area contributed by atoms with E-state index in [1.54, 1.807) is 0 Å². The van der Waals surface area contributed by atoms with E-state index in [9.17, 15) is 13.2 Å². The van der Waals surface area contributed by atoms with Crippen molar-refractivity contribution in [3.63, 3.8) is 0 Å². The second-order valence-electron chi connectivity index (χ2n) is 6.47. The molecule has 0 bridgehead atoms. The highest BCUT2D eigenvalue weighted by atomic mass is 32.2. The summed E-state index contributed by atoms with van der Waals surface area (Å²) in [5, 5.41) is 3.78. The van der Waals surface area contributed by atoms with Gasteiger partial charge in [0.05, 0.1) is 17.2 Å². The third-order valence-electron chi connectivity index (χ3n) is 4.43. The maximum absolute atomic E-state index is 12.4. The van der Waals surface area contributed by atoms with E-state index in [0.29, 0.717) is 22.9 Å². The standard InChI is InChI=1S/C18H22N2O3S2/c1-13-16(24-18(20-13)15-7-3-2-4-8-15)17(21)19-10-5-6-14-9-11-25(22,23)12-14/h2-4,7-8,14H,5-6,9-12H2,1H3,(H,19,21). The van der Waals surface area contributed by atoms with E-state index < -0.39 is 9.84 Å². The van der Waals surface area contributed by atoms with Gasteiger partial charge in [-0.05, 0) is 32.1 Å². The minimum atomic E-state index is -2.82. The molecule has 1 aliphatic heterocycles. The predicted octanol–water partition coefficient (Wildman–Crippen LogP) is 3.06. The van der Waals surface area contributed by atoms with Crippen LogP contribution in [-0.4, -0.2) is 37.4 Å². The molecule has 1 unspecified atom stereocenters. The molecule has 3 rings (SSSR count). The number of amides is 1. The molecule has 0 saturated carbocycles. The van der Waals surface area contributed by atoms with Crippen LogP contribution in [0.2, 0.25) is 0 Å². The van der Waals surface area contributed by atoms with Gasteiger partial charge in [-0.25, -0.2) is 13.4 Å². The summed E-state index contributed by atoms with van der Waals surface area (Å²) in [6.45, 7) is 2.41. The van der Waals surface area contributed by atoms with E-state index in [1.807, 2.05) is 37.3 Å². The molecule has 1 amide bonds. The first-order valence-corrected chi connectivity index (χ1v) is 11.1. The fourth-order valence-electron chi connectivity index (χ4n) is 3.08. The third-order valence-corrected chi connectivity index (χ3v) is 7.47. The highest BCUT2D eigenvalue weighted by molar-refractivity contribution is 7.91. The number of nitrogens with zero attached hydrogens (tertiary/aromatic N) is 1. The van der Waals surface area contributed by atoms with Gasteiger partial charge in [0.2, 0.25) is 0 Å². The average molecular weight is 379 g/mol. The van der Waals surface area contributed by atoms with Crippen molar-refractivity contribution in [2.24, 2.45) is 5.92 Å². The topological polar surface area (TPSA) is 76.1 Å². The minimum absolute atomic E-state index is 0.101. The maximum atomic E-state index is 12.4. The number of benzene rings is 1. The summed E-state index contributed by atoms with van der Waals surface area (Å²) in [5.74, 6) is 0.759. The molecule has 1 fully saturated rings. The van der Waals surface area contributed by atoms with E-state index in [-0.39, 0.29) is 11.8 Å². The Morgan fingerprint density at radius 1 is 1.32 bits per heavy atom. The average Bonchev–Trinajstić information content (AvgIpc) is 3.14. The molecule has 25 heavy (non-hydrogen) atoms. The number of nitrogens with one attached hydrogen (secondary N) is 1. The van der Waals surface area contributed by atoms with Crippen LogP contribution in [0.4, 0.5) is 0 Å². The molecule has 0 spiro atoms. The normalized spacial score (nSPS) is 19.0. The van der Waals surface area contributed by atoms with Crippen LogP contribution in [0.1, 0.15) is 34.6 Å². The monoisotopic (exact) mass is 378 g/mol. The molecule has 2 heterocycles. The van der Waals surface area contributed by atoms with Crippen LogP contribution in [0, 0.1) is 12.8 Å². The van der Waals surface area contributed by atoms with Gasteiger partial charge in [-0.3, -0.25) is 4.79 Å². The van der Waals surface area contributed by atoms with Crippen LogP contribution in [0.25, 0.3) is 10.6 Å². The molecule has 1 N–H and O–H groups in total. The van der Waals surface area contributed by atoms with E-state index in [0.717, 1.165) is 35.5 Å². The van der Waals surface area contributed by atoms with Crippen LogP contribution < -0.4 is 5.32 Å². The van der Waals surface area contributed by atoms with Gasteiger partial charge in [-0.2, -0.15) is 0 Å². The first-order valence-electron chi connectivity index (χ1n) is 8.46. The Bertz CT molecular complexity index is 844. The van der Waals surface area contributed by atoms with Crippen molar-refractivity contribution in [3.05, 3.63) is 40.9 Å². The molecule has 0 aliphatic carbocycles. The van der Waals surface area contributed by atoms with Gasteiger partial charge in [0.15, 0.2) is 9.84 Å². The van der Waals surface area contributed by atoms with E-state index in [4.69, 9.17) is 0 Å². The Labute approximate surface area is 152 Å². The zero-order valence-corrected chi connectivity index (χ0v) is 15.8. The summed E-state index contributed by atoms with van der Waals surface area (Å²) >= 11 is 1.40. The molecule has 134 valence electrons. The highest BCUT2D eigenvalue weighted by Crippen LogP contribution is 2.27. The van der Waals surface area contributed by atoms with Crippen molar-refractivity contribution < 1.29 is 13.2 Å². The summed E-state index contributed by atoms with van der Waals surface area (Å²) in [6.07, 6.45) is 2.40. The fraction of sp³-hybridized carbons (Fsp3) is 0.444. The summed E-state index contributed by atoms with van der Waals surface area (Å²) in [7, 11) is -2.82. The Morgan fingerprint density at radius 3 is 2.76 bits per heavy atom. The molecule has 7 heteroatoms. The van der Waals surface area contributed by atoms with Crippen LogP contribution >= 0.6 is 11.3 Å². The molecule has 5 nitrogen and oxygen atoms in total. The largest absolute Gasteiger partial charge is 0.351 e. The summed E-state index contributed by atoms with van der Waals surface area (Å²) in [4.78, 5) is 17.5. The van der Waals surface area contributed by atoms with E-state index in [1.165, 1.54) is 11.3 Å². The van der Waals surface area contributed by atoms with Gasteiger partial charge < -0.3 is 5.32 Å². The molecule has 1 saturated heterocycles. The zero-order chi connectivity index (χ0) is 17.9. The predicted molar refractivity (Wildman–Crippen MR) is 101 cm³/mol. The van der Waals surface area contributed by atoms with Gasteiger partial charge in [0.1, 0.15) is 9.88 Å². The van der Waals surface area contributed by atoms with Crippen molar-refractivity contribution in [2.75, 3.05) is 18.1 Å². The summed E-state index contributed by atoms with van der Waals surface area (Å²) in [6, 6.07) is 9.82. The zero-order valence-electron chi connectivity index (χ0n) is 14.2. The summed E-state index contributed by atoms with van der Waals surface area (Å²) in [5.41, 5.74) is 1.75. The first-order chi connectivity index (χ1) is 11.9. The highest BCUT2D eigenvalue weighted by Gasteiger charge is 2.27. The smallest absolute Gasteiger partial charge is 0.263 e. The van der Waals surface area contributed by atoms with Gasteiger partial charge in [0, 0.05) is 12.1 Å². The van der Waals surface area contributed by atoms with Crippen molar-refractivity contribution in [1.29, 1.82) is 0 Å². The Balaban J connectivity index is 1.51. The number of aryl methyl sites for hydroxylation is 1. The van der Waals surface area contributed by atoms with Gasteiger partial charge >= 0.3 is 0 Å². The number of aromatic nitrogens is 1. The Hall–Kier alpha value is -1.73. The number of hydrogen-bond donors (Lipinski definition) is 1. The van der Waals surface area contributed by atoms with Gasteiger partial charge in [-0.15, -0.1) is 11.3 Å². The number of carbonyl (C=O) groups is 1. The van der Waals surface area contributed by atoms with Crippen molar-refractivity contribution in [1.82, 2.24) is 10.3 Å². The molecule has 1 aromatic heterocycles. The van der Waals surface area contributed by atoms with Crippen LogP contribution in [-0.2, 0) is 9.84 Å². The number of sulfone groups is 1. The molecule has 1 aromatic carbocycles. The molecular weight excluding hydrogens is 356 g/mol. The van der Waals surface area contributed by atoms with E-state index >= 15 is 0 Å². The lowest BCUT2D eigenvalue weighted by molar-refractivity contribution is 0.0955. The lowest BCUT2D eigenvalue weighted by Crippen LogP contribution is -2.24. The first kappa shape index (κ1) is 18.1. The molecule has 2 aromatic rings. The van der Waals surface area contributed by atoms with Gasteiger partial charge in [-0.1, -0.05) is 30.3 Å². The number of thiazole rings is 1.